The van der Waals surface area contributed by atoms with Crippen molar-refractivity contribution < 1.29 is 18.7 Å². The van der Waals surface area contributed by atoms with Crippen molar-refractivity contribution in [3.05, 3.63) is 107 Å². The van der Waals surface area contributed by atoms with Crippen LogP contribution in [-0.2, 0) is 9.53 Å². The van der Waals surface area contributed by atoms with Crippen molar-refractivity contribution >= 4 is 39.3 Å². The van der Waals surface area contributed by atoms with Crippen molar-refractivity contribution in [2.45, 2.75) is 26.8 Å². The van der Waals surface area contributed by atoms with E-state index in [4.69, 9.17) is 13.9 Å². The number of rotatable bonds is 7. The number of ether oxygens (including phenoxy) is 2. The average molecular weight is 593 g/mol. The summed E-state index contributed by atoms with van der Waals surface area (Å²) < 4.78 is 19.9. The Balaban J connectivity index is 1.61. The molecule has 0 saturated heterocycles. The summed E-state index contributed by atoms with van der Waals surface area (Å²) in [5, 5.41) is 0. The molecule has 1 aliphatic heterocycles. The standard InChI is InChI=1S/C29H25BrN2O5S/c1-4-35-21-12-8-19(9-13-21)26-25(28(34)36-5-2)17(3)31-29-32(26)27(33)24(38-29)16-22-14-15-23(37-22)18-6-10-20(30)11-7-18/h6-16,26H,4-5H2,1-3H3/b24-16-/t26-/m0/s1. The van der Waals surface area contributed by atoms with Crippen LogP contribution in [0.15, 0.2) is 90.6 Å². The molecule has 2 aromatic carbocycles. The van der Waals surface area contributed by atoms with Crippen molar-refractivity contribution in [2.75, 3.05) is 13.2 Å². The number of halogens is 1. The van der Waals surface area contributed by atoms with Gasteiger partial charge in [0.1, 0.15) is 17.3 Å². The number of hydrogen-bond donors (Lipinski definition) is 0. The third-order valence-corrected chi connectivity index (χ3v) is 7.56. The lowest BCUT2D eigenvalue weighted by Gasteiger charge is -2.24. The number of hydrogen-bond acceptors (Lipinski definition) is 7. The molecule has 7 nitrogen and oxygen atoms in total. The number of benzene rings is 2. The number of thiazole rings is 1. The second-order valence-corrected chi connectivity index (χ2v) is 10.4. The number of carbonyl (C=O) groups excluding carboxylic acids is 1. The number of fused-ring (bicyclic) bond motifs is 1. The SMILES string of the molecule is CCOC(=O)C1=C(C)N=c2s/c(=C\c3ccc(-c4ccc(Br)cc4)o3)c(=O)n2[C@H]1c1ccc(OCC)cc1. The first-order valence-corrected chi connectivity index (χ1v) is 13.8. The topological polar surface area (TPSA) is 83.0 Å². The van der Waals surface area contributed by atoms with Gasteiger partial charge in [-0.25, -0.2) is 9.79 Å². The number of nitrogens with zero attached hydrogens (tertiary/aromatic N) is 2. The van der Waals surface area contributed by atoms with Gasteiger partial charge in [-0.05, 0) is 62.7 Å². The van der Waals surface area contributed by atoms with Crippen molar-refractivity contribution in [3.63, 3.8) is 0 Å². The number of furan rings is 1. The van der Waals surface area contributed by atoms with Crippen molar-refractivity contribution in [1.82, 2.24) is 4.57 Å². The van der Waals surface area contributed by atoms with Gasteiger partial charge < -0.3 is 13.9 Å². The first-order chi connectivity index (χ1) is 18.4. The van der Waals surface area contributed by atoms with Gasteiger partial charge in [-0.3, -0.25) is 9.36 Å². The number of allylic oxidation sites excluding steroid dienone is 1. The summed E-state index contributed by atoms with van der Waals surface area (Å²) >= 11 is 4.70. The molecule has 2 aromatic heterocycles. The van der Waals surface area contributed by atoms with Crippen LogP contribution >= 0.6 is 27.3 Å². The summed E-state index contributed by atoms with van der Waals surface area (Å²) in [6.07, 6.45) is 1.71. The molecule has 0 radical (unpaired) electrons. The van der Waals surface area contributed by atoms with Gasteiger partial charge in [0.05, 0.1) is 35.1 Å². The van der Waals surface area contributed by atoms with Gasteiger partial charge in [-0.1, -0.05) is 51.5 Å². The molecule has 3 heterocycles. The highest BCUT2D eigenvalue weighted by molar-refractivity contribution is 9.10. The van der Waals surface area contributed by atoms with Gasteiger partial charge in [-0.15, -0.1) is 0 Å². The lowest BCUT2D eigenvalue weighted by Crippen LogP contribution is -2.39. The molecular weight excluding hydrogens is 568 g/mol. The van der Waals surface area contributed by atoms with Crippen molar-refractivity contribution in [1.29, 1.82) is 0 Å². The van der Waals surface area contributed by atoms with Crippen LogP contribution in [0.1, 0.15) is 38.1 Å². The normalized spacial score (nSPS) is 15.3. The van der Waals surface area contributed by atoms with Crippen molar-refractivity contribution in [3.8, 4) is 17.1 Å². The summed E-state index contributed by atoms with van der Waals surface area (Å²) in [6, 6.07) is 18.2. The third kappa shape index (κ3) is 5.04. The molecule has 1 aliphatic rings. The van der Waals surface area contributed by atoms with Crippen LogP contribution < -0.4 is 19.6 Å². The van der Waals surface area contributed by atoms with Crippen LogP contribution in [0.5, 0.6) is 5.75 Å². The van der Waals surface area contributed by atoms with E-state index >= 15 is 0 Å². The molecular formula is C29H25BrN2O5S. The molecule has 0 unspecified atom stereocenters. The van der Waals surface area contributed by atoms with E-state index in [-0.39, 0.29) is 12.2 Å². The van der Waals surface area contributed by atoms with E-state index in [1.54, 1.807) is 24.5 Å². The van der Waals surface area contributed by atoms with E-state index in [9.17, 15) is 9.59 Å². The maximum Gasteiger partial charge on any atom is 0.338 e. The summed E-state index contributed by atoms with van der Waals surface area (Å²) in [6.45, 7) is 6.19. The Hall–Kier alpha value is -3.69. The van der Waals surface area contributed by atoms with E-state index < -0.39 is 12.0 Å². The minimum Gasteiger partial charge on any atom is -0.494 e. The lowest BCUT2D eigenvalue weighted by molar-refractivity contribution is -0.139. The highest BCUT2D eigenvalue weighted by atomic mass is 79.9. The second kappa shape index (κ2) is 11.0. The molecule has 0 spiro atoms. The van der Waals surface area contributed by atoms with Crippen molar-refractivity contribution in [2.24, 2.45) is 4.99 Å². The molecule has 194 valence electrons. The molecule has 5 rings (SSSR count). The van der Waals surface area contributed by atoms with Crippen LogP contribution in [0.2, 0.25) is 0 Å². The van der Waals surface area contributed by atoms with Gasteiger partial charge in [0.2, 0.25) is 0 Å². The van der Waals surface area contributed by atoms with Crippen LogP contribution in [0, 0.1) is 0 Å². The third-order valence-electron chi connectivity index (χ3n) is 6.05. The molecule has 1 atom stereocenters. The summed E-state index contributed by atoms with van der Waals surface area (Å²) in [5.74, 6) is 1.46. The van der Waals surface area contributed by atoms with Gasteiger partial charge >= 0.3 is 5.97 Å². The number of esters is 1. The van der Waals surface area contributed by atoms with Crippen LogP contribution in [0.3, 0.4) is 0 Å². The Kier molecular flexibility index (Phi) is 7.49. The average Bonchev–Trinajstić information content (AvgIpc) is 3.49. The summed E-state index contributed by atoms with van der Waals surface area (Å²) in [7, 11) is 0. The quantitative estimate of drug-likeness (QED) is 0.275. The molecule has 0 aliphatic carbocycles. The van der Waals surface area contributed by atoms with Gasteiger partial charge in [0.15, 0.2) is 4.80 Å². The van der Waals surface area contributed by atoms with Gasteiger partial charge in [-0.2, -0.15) is 0 Å². The van der Waals surface area contributed by atoms with Crippen LogP contribution in [0.4, 0.5) is 0 Å². The molecule has 0 saturated carbocycles. The van der Waals surface area contributed by atoms with E-state index in [1.165, 1.54) is 11.3 Å². The molecule has 0 amide bonds. The number of aromatic nitrogens is 1. The highest BCUT2D eigenvalue weighted by Gasteiger charge is 2.33. The Labute approximate surface area is 231 Å². The van der Waals surface area contributed by atoms with Crippen LogP contribution in [-0.4, -0.2) is 23.8 Å². The fourth-order valence-corrected chi connectivity index (χ4v) is 5.64. The smallest absolute Gasteiger partial charge is 0.338 e. The molecule has 9 heteroatoms. The fourth-order valence-electron chi connectivity index (χ4n) is 4.35. The largest absolute Gasteiger partial charge is 0.494 e. The maximum absolute atomic E-state index is 13.8. The molecule has 0 N–H and O–H groups in total. The minimum atomic E-state index is -0.682. The van der Waals surface area contributed by atoms with E-state index in [2.05, 4.69) is 20.9 Å². The number of carbonyl (C=O) groups is 1. The second-order valence-electron chi connectivity index (χ2n) is 8.51. The Bertz CT molecular complexity index is 1700. The Morgan fingerprint density at radius 1 is 1.08 bits per heavy atom. The van der Waals surface area contributed by atoms with Gasteiger partial charge in [0, 0.05) is 16.1 Å². The lowest BCUT2D eigenvalue weighted by atomic mass is 9.96. The van der Waals surface area contributed by atoms with E-state index in [0.29, 0.717) is 44.5 Å². The fraction of sp³-hybridized carbons (Fsp3) is 0.207. The molecule has 4 aromatic rings. The van der Waals surface area contributed by atoms with Gasteiger partial charge in [0.25, 0.3) is 5.56 Å². The highest BCUT2D eigenvalue weighted by Crippen LogP contribution is 2.32. The predicted molar refractivity (Wildman–Crippen MR) is 150 cm³/mol. The first-order valence-electron chi connectivity index (χ1n) is 12.2. The summed E-state index contributed by atoms with van der Waals surface area (Å²) in [4.78, 5) is 31.9. The summed E-state index contributed by atoms with van der Waals surface area (Å²) in [5.41, 5.74) is 2.29. The molecule has 0 fully saturated rings. The Morgan fingerprint density at radius 2 is 1.82 bits per heavy atom. The zero-order valence-electron chi connectivity index (χ0n) is 21.1. The van der Waals surface area contributed by atoms with Crippen LogP contribution in [0.25, 0.3) is 17.4 Å². The first kappa shape index (κ1) is 25.9. The monoisotopic (exact) mass is 592 g/mol. The zero-order valence-corrected chi connectivity index (χ0v) is 23.5. The Morgan fingerprint density at radius 3 is 2.50 bits per heavy atom. The predicted octanol–water partition coefficient (Wildman–Crippen LogP) is 5.22. The molecule has 38 heavy (non-hydrogen) atoms. The van der Waals surface area contributed by atoms with E-state index in [1.807, 2.05) is 67.6 Å². The minimum absolute atomic E-state index is 0.217. The maximum atomic E-state index is 13.8. The van der Waals surface area contributed by atoms with E-state index in [0.717, 1.165) is 15.6 Å². The molecule has 0 bridgehead atoms. The zero-order chi connectivity index (χ0) is 26.8.